The molecule has 0 amide bonds. The van der Waals surface area contributed by atoms with Gasteiger partial charge >= 0.3 is 0 Å². The molecular weight excluding hydrogens is 244 g/mol. The normalized spacial score (nSPS) is 12.8. The summed E-state index contributed by atoms with van der Waals surface area (Å²) in [7, 11) is 0. The molecule has 0 spiro atoms. The van der Waals surface area contributed by atoms with E-state index in [0.29, 0.717) is 6.04 Å². The molecule has 2 N–H and O–H groups in total. The van der Waals surface area contributed by atoms with Crippen LogP contribution < -0.4 is 5.32 Å². The van der Waals surface area contributed by atoms with Crippen LogP contribution in [0.25, 0.3) is 0 Å². The standard InChI is InChI=1S/C10H15BrN2O/c1-8(4-5-14)12-7-10-3-2-9(11)6-13-10/h2-3,6,8,12,14H,4-5,7H2,1H3. The first-order valence-corrected chi connectivity index (χ1v) is 5.46. The van der Waals surface area contributed by atoms with E-state index < -0.39 is 0 Å². The topological polar surface area (TPSA) is 45.1 Å². The van der Waals surface area contributed by atoms with Gasteiger partial charge in [-0.05, 0) is 41.4 Å². The van der Waals surface area contributed by atoms with Gasteiger partial charge in [-0.2, -0.15) is 0 Å². The predicted molar refractivity (Wildman–Crippen MR) is 59.9 cm³/mol. The van der Waals surface area contributed by atoms with Gasteiger partial charge in [-0.15, -0.1) is 0 Å². The molecule has 0 aliphatic rings. The van der Waals surface area contributed by atoms with Crippen LogP contribution in [-0.4, -0.2) is 22.7 Å². The first-order valence-electron chi connectivity index (χ1n) is 4.67. The molecule has 1 heterocycles. The summed E-state index contributed by atoms with van der Waals surface area (Å²) in [6, 6.07) is 4.27. The number of aromatic nitrogens is 1. The Balaban J connectivity index is 2.34. The van der Waals surface area contributed by atoms with E-state index in [4.69, 9.17) is 5.11 Å². The van der Waals surface area contributed by atoms with Gasteiger partial charge in [0.25, 0.3) is 0 Å². The zero-order valence-corrected chi connectivity index (χ0v) is 9.79. The lowest BCUT2D eigenvalue weighted by molar-refractivity contribution is 0.268. The van der Waals surface area contributed by atoms with Crippen molar-refractivity contribution in [1.82, 2.24) is 10.3 Å². The molecule has 1 atom stereocenters. The van der Waals surface area contributed by atoms with Crippen LogP contribution in [0.15, 0.2) is 22.8 Å². The Morgan fingerprint density at radius 1 is 1.57 bits per heavy atom. The van der Waals surface area contributed by atoms with E-state index in [9.17, 15) is 0 Å². The summed E-state index contributed by atoms with van der Waals surface area (Å²) in [6.07, 6.45) is 2.56. The maximum absolute atomic E-state index is 8.71. The van der Waals surface area contributed by atoms with Crippen LogP contribution in [-0.2, 0) is 6.54 Å². The third-order valence-electron chi connectivity index (χ3n) is 1.98. The summed E-state index contributed by atoms with van der Waals surface area (Å²) in [4.78, 5) is 4.24. The second-order valence-corrected chi connectivity index (χ2v) is 4.18. The maximum atomic E-state index is 8.71. The Bertz CT molecular complexity index is 263. The third-order valence-corrected chi connectivity index (χ3v) is 2.45. The summed E-state index contributed by atoms with van der Waals surface area (Å²) < 4.78 is 0.990. The molecule has 1 aromatic heterocycles. The van der Waals surface area contributed by atoms with Crippen molar-refractivity contribution >= 4 is 15.9 Å². The number of hydrogen-bond acceptors (Lipinski definition) is 3. The highest BCUT2D eigenvalue weighted by Crippen LogP contribution is 2.07. The molecule has 0 saturated heterocycles. The Hall–Kier alpha value is -0.450. The fourth-order valence-electron chi connectivity index (χ4n) is 1.09. The summed E-state index contributed by atoms with van der Waals surface area (Å²) in [6.45, 7) is 3.02. The van der Waals surface area contributed by atoms with Gasteiger partial charge in [-0.25, -0.2) is 0 Å². The number of aliphatic hydroxyl groups excluding tert-OH is 1. The number of hydrogen-bond donors (Lipinski definition) is 2. The molecule has 0 aliphatic heterocycles. The molecule has 1 unspecified atom stereocenters. The van der Waals surface area contributed by atoms with Crippen LogP contribution >= 0.6 is 15.9 Å². The van der Waals surface area contributed by atoms with Crippen molar-refractivity contribution in [3.05, 3.63) is 28.5 Å². The highest BCUT2D eigenvalue weighted by atomic mass is 79.9. The van der Waals surface area contributed by atoms with Crippen molar-refractivity contribution in [3.8, 4) is 0 Å². The van der Waals surface area contributed by atoms with Crippen LogP contribution in [0.4, 0.5) is 0 Å². The molecule has 14 heavy (non-hydrogen) atoms. The lowest BCUT2D eigenvalue weighted by atomic mass is 10.2. The van der Waals surface area contributed by atoms with Crippen LogP contribution in [0, 0.1) is 0 Å². The van der Waals surface area contributed by atoms with Crippen molar-refractivity contribution in [2.45, 2.75) is 25.9 Å². The van der Waals surface area contributed by atoms with E-state index >= 15 is 0 Å². The minimum absolute atomic E-state index is 0.224. The molecule has 0 bridgehead atoms. The molecule has 0 aliphatic carbocycles. The van der Waals surface area contributed by atoms with Crippen molar-refractivity contribution in [3.63, 3.8) is 0 Å². The lowest BCUT2D eigenvalue weighted by Crippen LogP contribution is -2.26. The van der Waals surface area contributed by atoms with Crippen molar-refractivity contribution in [1.29, 1.82) is 0 Å². The van der Waals surface area contributed by atoms with E-state index in [0.717, 1.165) is 23.1 Å². The predicted octanol–water partition coefficient (Wildman–Crippen LogP) is 1.70. The van der Waals surface area contributed by atoms with E-state index in [1.807, 2.05) is 12.1 Å². The Morgan fingerprint density at radius 3 is 2.93 bits per heavy atom. The number of nitrogens with zero attached hydrogens (tertiary/aromatic N) is 1. The molecule has 1 aromatic rings. The number of halogens is 1. The van der Waals surface area contributed by atoms with Gasteiger partial charge < -0.3 is 10.4 Å². The molecule has 78 valence electrons. The van der Waals surface area contributed by atoms with Crippen LogP contribution in [0.2, 0.25) is 0 Å². The zero-order chi connectivity index (χ0) is 10.4. The van der Waals surface area contributed by atoms with Crippen LogP contribution in [0.3, 0.4) is 0 Å². The Morgan fingerprint density at radius 2 is 2.36 bits per heavy atom. The molecular formula is C10H15BrN2O. The molecule has 0 radical (unpaired) electrons. The van der Waals surface area contributed by atoms with Gasteiger partial charge in [0.05, 0.1) is 5.69 Å². The number of nitrogens with one attached hydrogen (secondary N) is 1. The largest absolute Gasteiger partial charge is 0.396 e. The minimum Gasteiger partial charge on any atom is -0.396 e. The monoisotopic (exact) mass is 258 g/mol. The molecule has 3 nitrogen and oxygen atoms in total. The summed E-state index contributed by atoms with van der Waals surface area (Å²) in [5, 5.41) is 12.0. The molecule has 0 fully saturated rings. The van der Waals surface area contributed by atoms with E-state index in [-0.39, 0.29) is 6.61 Å². The molecule has 4 heteroatoms. The summed E-state index contributed by atoms with van der Waals surface area (Å²) in [5.41, 5.74) is 1.01. The highest BCUT2D eigenvalue weighted by Gasteiger charge is 2.00. The average Bonchev–Trinajstić information content (AvgIpc) is 2.17. The zero-order valence-electron chi connectivity index (χ0n) is 8.20. The number of rotatable bonds is 5. The minimum atomic E-state index is 0.224. The lowest BCUT2D eigenvalue weighted by Gasteiger charge is -2.11. The van der Waals surface area contributed by atoms with Crippen molar-refractivity contribution in [2.75, 3.05) is 6.61 Å². The van der Waals surface area contributed by atoms with Gasteiger partial charge in [0.15, 0.2) is 0 Å². The first kappa shape index (κ1) is 11.6. The SMILES string of the molecule is CC(CCO)NCc1ccc(Br)cn1. The van der Waals surface area contributed by atoms with Gasteiger partial charge in [0.2, 0.25) is 0 Å². The van der Waals surface area contributed by atoms with E-state index in [1.54, 1.807) is 6.20 Å². The molecule has 0 saturated carbocycles. The number of pyridine rings is 1. The van der Waals surface area contributed by atoms with Crippen molar-refractivity contribution in [2.24, 2.45) is 0 Å². The third kappa shape index (κ3) is 4.17. The Kier molecular flexibility index (Phi) is 5.07. The second-order valence-electron chi connectivity index (χ2n) is 3.26. The first-order chi connectivity index (χ1) is 6.72. The van der Waals surface area contributed by atoms with Crippen LogP contribution in [0.1, 0.15) is 19.0 Å². The quantitative estimate of drug-likeness (QED) is 0.846. The van der Waals surface area contributed by atoms with Gasteiger partial charge in [0.1, 0.15) is 0 Å². The number of aliphatic hydroxyl groups is 1. The van der Waals surface area contributed by atoms with Crippen molar-refractivity contribution < 1.29 is 5.11 Å². The average molecular weight is 259 g/mol. The second kappa shape index (κ2) is 6.11. The van der Waals surface area contributed by atoms with Gasteiger partial charge in [-0.1, -0.05) is 0 Å². The van der Waals surface area contributed by atoms with E-state index in [1.165, 1.54) is 0 Å². The van der Waals surface area contributed by atoms with E-state index in [2.05, 4.69) is 33.2 Å². The summed E-state index contributed by atoms with van der Waals surface area (Å²) in [5.74, 6) is 0. The fraction of sp³-hybridized carbons (Fsp3) is 0.500. The van der Waals surface area contributed by atoms with Crippen LogP contribution in [0.5, 0.6) is 0 Å². The smallest absolute Gasteiger partial charge is 0.0542 e. The molecule has 1 rings (SSSR count). The fourth-order valence-corrected chi connectivity index (χ4v) is 1.32. The van der Waals surface area contributed by atoms with Gasteiger partial charge in [-0.3, -0.25) is 4.98 Å². The Labute approximate surface area is 92.7 Å². The highest BCUT2D eigenvalue weighted by molar-refractivity contribution is 9.10. The maximum Gasteiger partial charge on any atom is 0.0542 e. The van der Waals surface area contributed by atoms with Gasteiger partial charge in [0, 0.05) is 29.9 Å². The summed E-state index contributed by atoms with van der Waals surface area (Å²) >= 11 is 3.33. The molecule has 0 aromatic carbocycles.